The van der Waals surface area contributed by atoms with Crippen molar-refractivity contribution < 1.29 is 14.6 Å². The van der Waals surface area contributed by atoms with Crippen LogP contribution in [-0.2, 0) is 4.74 Å². The standard InChI is InChI=1S/C17H18N2O3/c20-17(21)14-7-4-8-16(19-14)18-11-13-9-10-15(22-13)12-5-2-1-3-6-12/h1-8,13,15H,9-11H2,(H,18,19)(H,20,21)/t13-,15+/m1/s1. The second kappa shape index (κ2) is 6.58. The molecule has 0 saturated carbocycles. The molecule has 0 bridgehead atoms. The molecule has 1 aromatic carbocycles. The van der Waals surface area contributed by atoms with Crippen LogP contribution in [0, 0.1) is 0 Å². The minimum Gasteiger partial charge on any atom is -0.477 e. The van der Waals surface area contributed by atoms with E-state index >= 15 is 0 Å². The van der Waals surface area contributed by atoms with Crippen LogP contribution in [0.4, 0.5) is 5.82 Å². The number of hydrogen-bond acceptors (Lipinski definition) is 4. The monoisotopic (exact) mass is 298 g/mol. The zero-order valence-corrected chi connectivity index (χ0v) is 12.1. The largest absolute Gasteiger partial charge is 0.477 e. The van der Waals surface area contributed by atoms with Gasteiger partial charge in [0.05, 0.1) is 12.2 Å². The molecule has 2 aromatic rings. The number of carbonyl (C=O) groups is 1. The summed E-state index contributed by atoms with van der Waals surface area (Å²) in [6, 6.07) is 15.1. The summed E-state index contributed by atoms with van der Waals surface area (Å²) in [5.41, 5.74) is 1.25. The summed E-state index contributed by atoms with van der Waals surface area (Å²) in [5.74, 6) is -0.462. The van der Waals surface area contributed by atoms with Gasteiger partial charge in [-0.3, -0.25) is 0 Å². The Morgan fingerprint density at radius 2 is 2.00 bits per heavy atom. The Bertz CT molecular complexity index is 645. The van der Waals surface area contributed by atoms with Crippen molar-refractivity contribution in [3.8, 4) is 0 Å². The highest BCUT2D eigenvalue weighted by Gasteiger charge is 2.26. The van der Waals surface area contributed by atoms with Crippen LogP contribution in [0.5, 0.6) is 0 Å². The molecule has 1 aliphatic rings. The molecule has 22 heavy (non-hydrogen) atoms. The van der Waals surface area contributed by atoms with E-state index in [1.165, 1.54) is 11.6 Å². The number of rotatable bonds is 5. The minimum absolute atomic E-state index is 0.0412. The van der Waals surface area contributed by atoms with E-state index in [9.17, 15) is 4.79 Å². The van der Waals surface area contributed by atoms with Crippen LogP contribution in [0.3, 0.4) is 0 Å². The molecule has 1 saturated heterocycles. The summed E-state index contributed by atoms with van der Waals surface area (Å²) in [6.07, 6.45) is 2.23. The number of benzene rings is 1. The lowest BCUT2D eigenvalue weighted by Crippen LogP contribution is -2.20. The molecule has 2 heterocycles. The van der Waals surface area contributed by atoms with Gasteiger partial charge in [-0.2, -0.15) is 0 Å². The van der Waals surface area contributed by atoms with Crippen molar-refractivity contribution in [2.24, 2.45) is 0 Å². The maximum Gasteiger partial charge on any atom is 0.354 e. The highest BCUT2D eigenvalue weighted by atomic mass is 16.5. The van der Waals surface area contributed by atoms with Crippen molar-refractivity contribution in [1.82, 2.24) is 4.98 Å². The molecule has 0 spiro atoms. The van der Waals surface area contributed by atoms with Gasteiger partial charge in [0.2, 0.25) is 0 Å². The first-order valence-corrected chi connectivity index (χ1v) is 7.37. The van der Waals surface area contributed by atoms with Crippen LogP contribution in [-0.4, -0.2) is 28.7 Å². The summed E-state index contributed by atoms with van der Waals surface area (Å²) in [5, 5.41) is 12.1. The van der Waals surface area contributed by atoms with Gasteiger partial charge in [0, 0.05) is 6.54 Å². The van der Waals surface area contributed by atoms with Gasteiger partial charge in [-0.05, 0) is 30.5 Å². The molecule has 1 aliphatic heterocycles. The number of aromatic nitrogens is 1. The van der Waals surface area contributed by atoms with E-state index in [1.807, 2.05) is 18.2 Å². The molecule has 5 nitrogen and oxygen atoms in total. The Kier molecular flexibility index (Phi) is 4.34. The number of carboxylic acids is 1. The molecule has 0 amide bonds. The molecule has 0 aliphatic carbocycles. The van der Waals surface area contributed by atoms with E-state index in [2.05, 4.69) is 22.4 Å². The topological polar surface area (TPSA) is 71.5 Å². The van der Waals surface area contributed by atoms with Crippen molar-refractivity contribution in [3.05, 3.63) is 59.8 Å². The second-order valence-corrected chi connectivity index (χ2v) is 5.33. The van der Waals surface area contributed by atoms with Gasteiger partial charge >= 0.3 is 5.97 Å². The van der Waals surface area contributed by atoms with Crippen molar-refractivity contribution >= 4 is 11.8 Å². The number of nitrogens with zero attached hydrogens (tertiary/aromatic N) is 1. The number of anilines is 1. The zero-order chi connectivity index (χ0) is 15.4. The van der Waals surface area contributed by atoms with E-state index < -0.39 is 5.97 Å². The van der Waals surface area contributed by atoms with Gasteiger partial charge in [0.1, 0.15) is 5.82 Å². The predicted octanol–water partition coefficient (Wildman–Crippen LogP) is 3.11. The SMILES string of the molecule is O=C(O)c1cccc(NC[C@H]2CC[C@@H](c3ccccc3)O2)n1. The Balaban J connectivity index is 1.55. The van der Waals surface area contributed by atoms with Crippen LogP contribution < -0.4 is 5.32 Å². The molecule has 2 N–H and O–H groups in total. The first-order valence-electron chi connectivity index (χ1n) is 7.37. The van der Waals surface area contributed by atoms with E-state index in [1.54, 1.807) is 12.1 Å². The van der Waals surface area contributed by atoms with E-state index in [0.29, 0.717) is 12.4 Å². The summed E-state index contributed by atoms with van der Waals surface area (Å²) in [4.78, 5) is 14.9. The highest BCUT2D eigenvalue weighted by Crippen LogP contribution is 2.32. The number of nitrogens with one attached hydrogen (secondary N) is 1. The third kappa shape index (κ3) is 3.43. The van der Waals surface area contributed by atoms with Gasteiger partial charge in [-0.1, -0.05) is 36.4 Å². The molecule has 2 atom stereocenters. The molecule has 1 aromatic heterocycles. The average Bonchev–Trinajstić information content (AvgIpc) is 3.03. The van der Waals surface area contributed by atoms with Crippen LogP contribution >= 0.6 is 0 Å². The smallest absolute Gasteiger partial charge is 0.354 e. The Labute approximate surface area is 129 Å². The van der Waals surface area contributed by atoms with E-state index in [0.717, 1.165) is 12.8 Å². The maximum atomic E-state index is 10.9. The van der Waals surface area contributed by atoms with Crippen LogP contribution in [0.25, 0.3) is 0 Å². The number of aromatic carboxylic acids is 1. The summed E-state index contributed by atoms with van der Waals surface area (Å²) in [6.45, 7) is 0.624. The lowest BCUT2D eigenvalue weighted by molar-refractivity contribution is 0.0521. The van der Waals surface area contributed by atoms with Gasteiger partial charge in [-0.15, -0.1) is 0 Å². The van der Waals surface area contributed by atoms with Crippen molar-refractivity contribution in [2.45, 2.75) is 25.0 Å². The fourth-order valence-electron chi connectivity index (χ4n) is 2.64. The second-order valence-electron chi connectivity index (χ2n) is 5.33. The fraction of sp³-hybridized carbons (Fsp3) is 0.294. The van der Waals surface area contributed by atoms with Gasteiger partial charge in [-0.25, -0.2) is 9.78 Å². The molecule has 0 unspecified atom stereocenters. The van der Waals surface area contributed by atoms with E-state index in [-0.39, 0.29) is 17.9 Å². The van der Waals surface area contributed by atoms with Crippen molar-refractivity contribution in [1.29, 1.82) is 0 Å². The summed E-state index contributed by atoms with van der Waals surface area (Å²) < 4.78 is 6.04. The number of pyridine rings is 1. The van der Waals surface area contributed by atoms with Gasteiger partial charge in [0.15, 0.2) is 5.69 Å². The molecular formula is C17H18N2O3. The van der Waals surface area contributed by atoms with Crippen LogP contribution in [0.2, 0.25) is 0 Å². The zero-order valence-electron chi connectivity index (χ0n) is 12.1. The first-order chi connectivity index (χ1) is 10.7. The van der Waals surface area contributed by atoms with Crippen molar-refractivity contribution in [2.75, 3.05) is 11.9 Å². The van der Waals surface area contributed by atoms with Crippen LogP contribution in [0.1, 0.15) is 35.0 Å². The third-order valence-corrected chi connectivity index (χ3v) is 3.76. The van der Waals surface area contributed by atoms with Crippen LogP contribution in [0.15, 0.2) is 48.5 Å². The lowest BCUT2D eigenvalue weighted by atomic mass is 10.1. The molecule has 114 valence electrons. The summed E-state index contributed by atoms with van der Waals surface area (Å²) >= 11 is 0. The normalized spacial score (nSPS) is 20.7. The molecule has 0 radical (unpaired) electrons. The highest BCUT2D eigenvalue weighted by molar-refractivity contribution is 5.85. The minimum atomic E-state index is -1.02. The molecule has 5 heteroatoms. The van der Waals surface area contributed by atoms with Crippen molar-refractivity contribution in [3.63, 3.8) is 0 Å². The Morgan fingerprint density at radius 1 is 1.18 bits per heavy atom. The molecule has 3 rings (SSSR count). The van der Waals surface area contributed by atoms with E-state index in [4.69, 9.17) is 9.84 Å². The van der Waals surface area contributed by atoms with Gasteiger partial charge in [0.25, 0.3) is 0 Å². The average molecular weight is 298 g/mol. The third-order valence-electron chi connectivity index (χ3n) is 3.76. The summed E-state index contributed by atoms with van der Waals surface area (Å²) in [7, 11) is 0. The number of ether oxygens (including phenoxy) is 1. The molecular weight excluding hydrogens is 280 g/mol. The maximum absolute atomic E-state index is 10.9. The first kappa shape index (κ1) is 14.5. The lowest BCUT2D eigenvalue weighted by Gasteiger charge is -2.15. The quantitative estimate of drug-likeness (QED) is 0.887. The predicted molar refractivity (Wildman–Crippen MR) is 83.0 cm³/mol. The Morgan fingerprint density at radius 3 is 2.77 bits per heavy atom. The number of carboxylic acid groups (broad SMARTS) is 1. The molecule has 1 fully saturated rings. The van der Waals surface area contributed by atoms with Gasteiger partial charge < -0.3 is 15.2 Å². The fourth-order valence-corrected chi connectivity index (χ4v) is 2.64. The number of hydrogen-bond donors (Lipinski definition) is 2. The Hall–Kier alpha value is -2.40.